The van der Waals surface area contributed by atoms with Gasteiger partial charge in [-0.05, 0) is 42.0 Å². The first-order chi connectivity index (χ1) is 9.81. The Bertz CT molecular complexity index is 665. The van der Waals surface area contributed by atoms with Crippen LogP contribution in [0.15, 0.2) is 63.5 Å². The minimum absolute atomic E-state index is 0.250. The molecule has 3 rings (SSSR count). The molecule has 0 atom stereocenters. The number of amidine groups is 1. The van der Waals surface area contributed by atoms with Crippen LogP contribution in [0.5, 0.6) is 5.75 Å². The lowest BCUT2D eigenvalue weighted by atomic mass is 10.2. The Balaban J connectivity index is 1.67. The van der Waals surface area contributed by atoms with Crippen molar-refractivity contribution < 1.29 is 5.11 Å². The molecule has 1 aliphatic rings. The Morgan fingerprint density at radius 1 is 1.15 bits per heavy atom. The number of rotatable bonds is 2. The molecule has 20 heavy (non-hydrogen) atoms. The van der Waals surface area contributed by atoms with E-state index >= 15 is 0 Å². The molecule has 100 valence electrons. The number of hydrazone groups is 1. The minimum atomic E-state index is 0.250. The summed E-state index contributed by atoms with van der Waals surface area (Å²) in [6.07, 6.45) is 1.70. The van der Waals surface area contributed by atoms with Crippen LogP contribution in [0, 0.1) is 0 Å². The number of hydrogen-bond donors (Lipinski definition) is 2. The van der Waals surface area contributed by atoms with Crippen molar-refractivity contribution in [3.05, 3.63) is 54.1 Å². The van der Waals surface area contributed by atoms with E-state index in [1.165, 1.54) is 4.90 Å². The molecule has 1 aliphatic heterocycles. The van der Waals surface area contributed by atoms with Crippen LogP contribution >= 0.6 is 11.8 Å². The quantitative estimate of drug-likeness (QED) is 0.657. The van der Waals surface area contributed by atoms with Crippen molar-refractivity contribution in [1.29, 1.82) is 0 Å². The standard InChI is InChI=1S/C15H13N3OS/c19-12-7-5-11(6-8-12)9-16-18-15-10-20-14-4-2-1-3-13(14)17-15/h1-9,19H,10H2,(H,17,18)/b16-9+. The predicted molar refractivity (Wildman–Crippen MR) is 83.1 cm³/mol. The normalized spacial score (nSPS) is 13.9. The van der Waals surface area contributed by atoms with E-state index in [4.69, 9.17) is 0 Å². The van der Waals surface area contributed by atoms with E-state index < -0.39 is 0 Å². The van der Waals surface area contributed by atoms with Crippen molar-refractivity contribution in [2.45, 2.75) is 4.90 Å². The topological polar surface area (TPSA) is 57.0 Å². The van der Waals surface area contributed by atoms with E-state index in [2.05, 4.69) is 21.6 Å². The highest BCUT2D eigenvalue weighted by molar-refractivity contribution is 8.00. The van der Waals surface area contributed by atoms with E-state index in [0.29, 0.717) is 0 Å². The molecule has 5 heteroatoms. The number of nitrogens with zero attached hydrogens (tertiary/aromatic N) is 2. The average molecular weight is 283 g/mol. The van der Waals surface area contributed by atoms with Gasteiger partial charge in [0.2, 0.25) is 0 Å². The number of aliphatic imine (C=N–C) groups is 1. The third-order valence-corrected chi connectivity index (χ3v) is 3.86. The van der Waals surface area contributed by atoms with Gasteiger partial charge in [0.25, 0.3) is 0 Å². The van der Waals surface area contributed by atoms with Gasteiger partial charge in [0.1, 0.15) is 11.6 Å². The number of benzene rings is 2. The molecule has 0 bridgehead atoms. The Morgan fingerprint density at radius 3 is 2.80 bits per heavy atom. The van der Waals surface area contributed by atoms with Gasteiger partial charge in [0.05, 0.1) is 17.7 Å². The predicted octanol–water partition coefficient (Wildman–Crippen LogP) is 3.15. The summed E-state index contributed by atoms with van der Waals surface area (Å²) in [5, 5.41) is 13.4. The summed E-state index contributed by atoms with van der Waals surface area (Å²) in [7, 11) is 0. The van der Waals surface area contributed by atoms with Crippen molar-refractivity contribution in [3.63, 3.8) is 0 Å². The average Bonchev–Trinajstić information content (AvgIpc) is 2.49. The van der Waals surface area contributed by atoms with Crippen LogP contribution in [0.25, 0.3) is 0 Å². The summed E-state index contributed by atoms with van der Waals surface area (Å²) >= 11 is 1.74. The molecule has 0 aliphatic carbocycles. The van der Waals surface area contributed by atoms with Gasteiger partial charge in [-0.3, -0.25) is 5.43 Å². The molecule has 2 aromatic rings. The zero-order valence-corrected chi connectivity index (χ0v) is 11.5. The number of nitrogens with one attached hydrogen (secondary N) is 1. The van der Waals surface area contributed by atoms with E-state index in [-0.39, 0.29) is 5.75 Å². The summed E-state index contributed by atoms with van der Waals surface area (Å²) in [5.74, 6) is 1.87. The van der Waals surface area contributed by atoms with Gasteiger partial charge in [-0.15, -0.1) is 11.8 Å². The van der Waals surface area contributed by atoms with Crippen molar-refractivity contribution in [1.82, 2.24) is 5.43 Å². The molecule has 0 amide bonds. The van der Waals surface area contributed by atoms with Gasteiger partial charge >= 0.3 is 0 Å². The highest BCUT2D eigenvalue weighted by Gasteiger charge is 2.10. The van der Waals surface area contributed by atoms with Crippen LogP contribution in [0.3, 0.4) is 0 Å². The van der Waals surface area contributed by atoms with Gasteiger partial charge in [-0.1, -0.05) is 12.1 Å². The maximum absolute atomic E-state index is 9.20. The lowest BCUT2D eigenvalue weighted by molar-refractivity contribution is 0.475. The number of thioether (sulfide) groups is 1. The first-order valence-corrected chi connectivity index (χ1v) is 7.17. The zero-order chi connectivity index (χ0) is 13.8. The molecular weight excluding hydrogens is 270 g/mol. The first kappa shape index (κ1) is 12.7. The Kier molecular flexibility index (Phi) is 3.69. The molecule has 0 radical (unpaired) electrons. The van der Waals surface area contributed by atoms with Crippen LogP contribution < -0.4 is 5.43 Å². The second kappa shape index (κ2) is 5.79. The third-order valence-electron chi connectivity index (χ3n) is 2.79. The molecule has 0 saturated heterocycles. The summed E-state index contributed by atoms with van der Waals surface area (Å²) < 4.78 is 0. The summed E-state index contributed by atoms with van der Waals surface area (Å²) in [4.78, 5) is 5.72. The molecule has 1 heterocycles. The van der Waals surface area contributed by atoms with Crippen LogP contribution in [-0.2, 0) is 0 Å². The minimum Gasteiger partial charge on any atom is -0.508 e. The number of aromatic hydroxyl groups is 1. The molecule has 0 saturated carbocycles. The highest BCUT2D eigenvalue weighted by atomic mass is 32.2. The molecule has 0 fully saturated rings. The van der Waals surface area contributed by atoms with Crippen molar-refractivity contribution in [3.8, 4) is 5.75 Å². The molecule has 2 aromatic carbocycles. The second-order valence-electron chi connectivity index (χ2n) is 4.28. The Hall–Kier alpha value is -2.27. The van der Waals surface area contributed by atoms with E-state index in [1.54, 1.807) is 42.2 Å². The van der Waals surface area contributed by atoms with E-state index in [1.807, 2.05) is 18.2 Å². The monoisotopic (exact) mass is 283 g/mol. The molecule has 0 unspecified atom stereocenters. The number of phenolic OH excluding ortho intramolecular Hbond substituents is 1. The smallest absolute Gasteiger partial charge is 0.133 e. The van der Waals surface area contributed by atoms with Gasteiger partial charge < -0.3 is 5.11 Å². The highest BCUT2D eigenvalue weighted by Crippen LogP contribution is 2.32. The van der Waals surface area contributed by atoms with Crippen molar-refractivity contribution in [2.24, 2.45) is 10.1 Å². The number of hydrogen-bond acceptors (Lipinski definition) is 5. The van der Waals surface area contributed by atoms with Crippen molar-refractivity contribution >= 4 is 29.5 Å². The molecular formula is C15H13N3OS. The largest absolute Gasteiger partial charge is 0.508 e. The Labute approximate surface area is 121 Å². The maximum Gasteiger partial charge on any atom is 0.133 e. The molecule has 0 aromatic heterocycles. The molecule has 2 N–H and O–H groups in total. The summed E-state index contributed by atoms with van der Waals surface area (Å²) in [6.45, 7) is 0. The number of para-hydroxylation sites is 1. The van der Waals surface area contributed by atoms with Crippen LogP contribution in [0.1, 0.15) is 5.56 Å². The fraction of sp³-hybridized carbons (Fsp3) is 0.0667. The SMILES string of the molecule is Oc1ccc(/C=N/NC2=Nc3ccccc3SC2)cc1. The fourth-order valence-electron chi connectivity index (χ4n) is 1.79. The van der Waals surface area contributed by atoms with Gasteiger partial charge in [-0.25, -0.2) is 4.99 Å². The van der Waals surface area contributed by atoms with E-state index in [9.17, 15) is 5.11 Å². The molecule has 4 nitrogen and oxygen atoms in total. The third kappa shape index (κ3) is 3.00. The molecule has 0 spiro atoms. The van der Waals surface area contributed by atoms with Crippen LogP contribution in [0.4, 0.5) is 5.69 Å². The maximum atomic E-state index is 9.20. The van der Waals surface area contributed by atoms with E-state index in [0.717, 1.165) is 22.8 Å². The number of phenols is 1. The first-order valence-electron chi connectivity index (χ1n) is 6.19. The lowest BCUT2D eigenvalue weighted by Crippen LogP contribution is -2.21. The Morgan fingerprint density at radius 2 is 1.95 bits per heavy atom. The van der Waals surface area contributed by atoms with Gasteiger partial charge in [0.15, 0.2) is 0 Å². The van der Waals surface area contributed by atoms with Crippen LogP contribution in [-0.4, -0.2) is 22.9 Å². The van der Waals surface area contributed by atoms with Gasteiger partial charge in [0, 0.05) is 4.90 Å². The summed E-state index contributed by atoms with van der Waals surface area (Å²) in [5.41, 5.74) is 4.86. The van der Waals surface area contributed by atoms with Crippen molar-refractivity contribution in [2.75, 3.05) is 5.75 Å². The van der Waals surface area contributed by atoms with Gasteiger partial charge in [-0.2, -0.15) is 5.10 Å². The fourth-order valence-corrected chi connectivity index (χ4v) is 2.65. The lowest BCUT2D eigenvalue weighted by Gasteiger charge is -2.13. The van der Waals surface area contributed by atoms with Crippen LogP contribution in [0.2, 0.25) is 0 Å². The zero-order valence-electron chi connectivity index (χ0n) is 10.7. The summed E-state index contributed by atoms with van der Waals surface area (Å²) in [6, 6.07) is 14.9. The number of fused-ring (bicyclic) bond motifs is 1. The second-order valence-corrected chi connectivity index (χ2v) is 5.29.